The lowest BCUT2D eigenvalue weighted by Crippen LogP contribution is -2.38. The number of nitrogens with zero attached hydrogens (tertiary/aromatic N) is 2. The number of likely N-dealkylation sites (N-methyl/N-ethyl adjacent to an activating group) is 1. The standard InChI is InChI=1S/C12H19N3O2S/c1-9(14(2)11-3-4-11)6-13-7-10-5-12(15(16)17)18-8-10/h5,8-9,11,13H,3-4,6-7H2,1-2H3. The van der Waals surface area contributed by atoms with Crippen molar-refractivity contribution in [3.8, 4) is 0 Å². The van der Waals surface area contributed by atoms with Gasteiger partial charge in [0.05, 0.1) is 4.92 Å². The van der Waals surface area contributed by atoms with Crippen LogP contribution in [0, 0.1) is 10.1 Å². The minimum Gasteiger partial charge on any atom is -0.311 e. The van der Waals surface area contributed by atoms with Crippen molar-refractivity contribution in [1.82, 2.24) is 10.2 Å². The van der Waals surface area contributed by atoms with E-state index in [0.29, 0.717) is 12.6 Å². The molecule has 1 fully saturated rings. The predicted octanol–water partition coefficient (Wildman–Crippen LogP) is 2.23. The molecule has 1 saturated carbocycles. The summed E-state index contributed by atoms with van der Waals surface area (Å²) < 4.78 is 0. The van der Waals surface area contributed by atoms with Crippen molar-refractivity contribution < 1.29 is 4.92 Å². The van der Waals surface area contributed by atoms with Gasteiger partial charge in [0.1, 0.15) is 0 Å². The van der Waals surface area contributed by atoms with E-state index in [1.165, 1.54) is 24.2 Å². The Balaban J connectivity index is 1.72. The van der Waals surface area contributed by atoms with E-state index in [1.54, 1.807) is 6.07 Å². The van der Waals surface area contributed by atoms with Gasteiger partial charge >= 0.3 is 5.00 Å². The summed E-state index contributed by atoms with van der Waals surface area (Å²) in [6.07, 6.45) is 2.63. The van der Waals surface area contributed by atoms with Crippen LogP contribution in [0.4, 0.5) is 5.00 Å². The van der Waals surface area contributed by atoms with Crippen LogP contribution in [0.15, 0.2) is 11.4 Å². The second-order valence-corrected chi connectivity index (χ2v) is 5.82. The molecule has 0 amide bonds. The Hall–Kier alpha value is -0.980. The Labute approximate surface area is 111 Å². The zero-order chi connectivity index (χ0) is 13.1. The maximum absolute atomic E-state index is 10.6. The Bertz CT molecular complexity index is 417. The minimum absolute atomic E-state index is 0.218. The normalized spacial score (nSPS) is 17.1. The summed E-state index contributed by atoms with van der Waals surface area (Å²) in [5.41, 5.74) is 0.993. The van der Waals surface area contributed by atoms with Crippen LogP contribution in [-0.4, -0.2) is 35.5 Å². The molecule has 0 aromatic carbocycles. The lowest BCUT2D eigenvalue weighted by atomic mass is 10.2. The fourth-order valence-corrected chi connectivity index (χ4v) is 2.69. The topological polar surface area (TPSA) is 58.4 Å². The summed E-state index contributed by atoms with van der Waals surface area (Å²) in [6, 6.07) is 2.92. The molecular formula is C12H19N3O2S. The van der Waals surface area contributed by atoms with Crippen LogP contribution in [-0.2, 0) is 6.54 Å². The van der Waals surface area contributed by atoms with Crippen molar-refractivity contribution in [2.24, 2.45) is 0 Å². The summed E-state index contributed by atoms with van der Waals surface area (Å²) in [5, 5.41) is 16.0. The predicted molar refractivity (Wildman–Crippen MR) is 72.9 cm³/mol. The quantitative estimate of drug-likeness (QED) is 0.609. The molecule has 1 heterocycles. The molecule has 1 N–H and O–H groups in total. The molecule has 1 aliphatic rings. The molecule has 5 nitrogen and oxygen atoms in total. The second-order valence-electron chi connectivity index (χ2n) is 4.93. The molecule has 1 atom stereocenters. The largest absolute Gasteiger partial charge is 0.324 e. The van der Waals surface area contributed by atoms with Crippen molar-refractivity contribution in [2.45, 2.75) is 38.4 Å². The molecule has 0 radical (unpaired) electrons. The SMILES string of the molecule is CC(CNCc1csc([N+](=O)[O-])c1)N(C)C1CC1. The summed E-state index contributed by atoms with van der Waals surface area (Å²) >= 11 is 1.19. The van der Waals surface area contributed by atoms with Crippen LogP contribution < -0.4 is 5.32 Å². The average Bonchev–Trinajstić information content (AvgIpc) is 3.07. The Morgan fingerprint density at radius 1 is 1.67 bits per heavy atom. The Morgan fingerprint density at radius 3 is 2.94 bits per heavy atom. The van der Waals surface area contributed by atoms with Gasteiger partial charge in [0.15, 0.2) is 0 Å². The number of rotatable bonds is 7. The molecule has 6 heteroatoms. The van der Waals surface area contributed by atoms with Crippen molar-refractivity contribution in [1.29, 1.82) is 0 Å². The molecule has 100 valence electrons. The average molecular weight is 269 g/mol. The molecule has 0 saturated heterocycles. The van der Waals surface area contributed by atoms with E-state index >= 15 is 0 Å². The number of nitro groups is 1. The zero-order valence-electron chi connectivity index (χ0n) is 10.8. The maximum atomic E-state index is 10.6. The molecule has 1 aromatic heterocycles. The van der Waals surface area contributed by atoms with Crippen molar-refractivity contribution in [3.63, 3.8) is 0 Å². The first kappa shape index (κ1) is 13.5. The molecule has 0 bridgehead atoms. The van der Waals surface area contributed by atoms with Crippen LogP contribution in [0.25, 0.3) is 0 Å². The van der Waals surface area contributed by atoms with Crippen molar-refractivity contribution in [3.05, 3.63) is 27.1 Å². The van der Waals surface area contributed by atoms with Gasteiger partial charge in [-0.3, -0.25) is 15.0 Å². The molecule has 0 spiro atoms. The minimum atomic E-state index is -0.336. The van der Waals surface area contributed by atoms with Crippen LogP contribution in [0.5, 0.6) is 0 Å². The van der Waals surface area contributed by atoms with E-state index in [1.807, 2.05) is 5.38 Å². The molecule has 2 rings (SSSR count). The van der Waals surface area contributed by atoms with Crippen molar-refractivity contribution >= 4 is 16.3 Å². The van der Waals surface area contributed by atoms with E-state index in [4.69, 9.17) is 0 Å². The van der Waals surface area contributed by atoms with Crippen LogP contribution in [0.2, 0.25) is 0 Å². The highest BCUT2D eigenvalue weighted by Gasteiger charge is 2.28. The maximum Gasteiger partial charge on any atom is 0.324 e. The number of thiophene rings is 1. The van der Waals surface area contributed by atoms with Gasteiger partial charge in [-0.1, -0.05) is 11.3 Å². The molecule has 1 unspecified atom stereocenters. The molecule has 1 aliphatic carbocycles. The Kier molecular flexibility index (Phi) is 4.31. The van der Waals surface area contributed by atoms with Crippen LogP contribution in [0.1, 0.15) is 25.3 Å². The lowest BCUT2D eigenvalue weighted by molar-refractivity contribution is -0.380. The van der Waals surface area contributed by atoms with E-state index < -0.39 is 0 Å². The van der Waals surface area contributed by atoms with Crippen molar-refractivity contribution in [2.75, 3.05) is 13.6 Å². The molecule has 1 aromatic rings. The fourth-order valence-electron chi connectivity index (χ4n) is 1.96. The van der Waals surface area contributed by atoms with E-state index in [0.717, 1.165) is 18.2 Å². The zero-order valence-corrected chi connectivity index (χ0v) is 11.6. The summed E-state index contributed by atoms with van der Waals surface area (Å²) in [5.74, 6) is 0. The van der Waals surface area contributed by atoms with Gasteiger partial charge in [0.2, 0.25) is 0 Å². The van der Waals surface area contributed by atoms with Gasteiger partial charge in [0, 0.05) is 36.6 Å². The third-order valence-corrected chi connectivity index (χ3v) is 4.34. The highest BCUT2D eigenvalue weighted by molar-refractivity contribution is 7.13. The number of hydrogen-bond acceptors (Lipinski definition) is 5. The third kappa shape index (κ3) is 3.51. The van der Waals surface area contributed by atoms with E-state index in [9.17, 15) is 10.1 Å². The highest BCUT2D eigenvalue weighted by Crippen LogP contribution is 2.26. The van der Waals surface area contributed by atoms with Crippen LogP contribution in [0.3, 0.4) is 0 Å². The Morgan fingerprint density at radius 2 is 2.39 bits per heavy atom. The van der Waals surface area contributed by atoms with Gasteiger partial charge in [-0.15, -0.1) is 0 Å². The molecule has 18 heavy (non-hydrogen) atoms. The van der Waals surface area contributed by atoms with Crippen LogP contribution >= 0.6 is 11.3 Å². The lowest BCUT2D eigenvalue weighted by Gasteiger charge is -2.24. The van der Waals surface area contributed by atoms with Gasteiger partial charge in [-0.2, -0.15) is 0 Å². The first-order valence-corrected chi connectivity index (χ1v) is 7.10. The molecular weight excluding hydrogens is 250 g/mol. The number of hydrogen-bond donors (Lipinski definition) is 1. The first-order chi connectivity index (χ1) is 8.58. The van der Waals surface area contributed by atoms with Gasteiger partial charge in [-0.25, -0.2) is 0 Å². The molecule has 0 aliphatic heterocycles. The third-order valence-electron chi connectivity index (χ3n) is 3.41. The fraction of sp³-hybridized carbons (Fsp3) is 0.667. The second kappa shape index (κ2) is 5.77. The van der Waals surface area contributed by atoms with E-state index in [-0.39, 0.29) is 9.92 Å². The summed E-state index contributed by atoms with van der Waals surface area (Å²) in [4.78, 5) is 12.6. The summed E-state index contributed by atoms with van der Waals surface area (Å²) in [6.45, 7) is 3.82. The smallest absolute Gasteiger partial charge is 0.311 e. The summed E-state index contributed by atoms with van der Waals surface area (Å²) in [7, 11) is 2.17. The van der Waals surface area contributed by atoms with E-state index in [2.05, 4.69) is 24.2 Å². The first-order valence-electron chi connectivity index (χ1n) is 6.22. The monoisotopic (exact) mass is 269 g/mol. The van der Waals surface area contributed by atoms with Gasteiger partial charge in [-0.05, 0) is 32.4 Å². The number of nitrogens with one attached hydrogen (secondary N) is 1. The van der Waals surface area contributed by atoms with Gasteiger partial charge in [0.25, 0.3) is 0 Å². The van der Waals surface area contributed by atoms with Gasteiger partial charge < -0.3 is 5.32 Å². The highest BCUT2D eigenvalue weighted by atomic mass is 32.1.